The average molecular weight is 216 g/mol. The van der Waals surface area contributed by atoms with Gasteiger partial charge >= 0.3 is 5.97 Å². The van der Waals surface area contributed by atoms with Crippen LogP contribution in [0.15, 0.2) is 22.8 Å². The minimum Gasteiger partial charge on any atom is -0.469 e. The van der Waals surface area contributed by atoms with Crippen LogP contribution in [0.1, 0.15) is 18.6 Å². The third-order valence-corrected chi connectivity index (χ3v) is 2.44. The van der Waals surface area contributed by atoms with E-state index < -0.39 is 23.7 Å². The van der Waals surface area contributed by atoms with Gasteiger partial charge in [0.2, 0.25) is 0 Å². The standard InChI is InChI=1S/C10H10F2O3/c1-2-14-9(13)8-7(10(8,11)12)6-4-3-5-15-6/h3-5,7-8H,2H2,1H3/t7-,8+/m1/s1. The number of alkyl halides is 2. The molecule has 1 fully saturated rings. The van der Waals surface area contributed by atoms with E-state index in [1.54, 1.807) is 6.92 Å². The Labute approximate surface area is 85.0 Å². The van der Waals surface area contributed by atoms with Crippen molar-refractivity contribution in [2.45, 2.75) is 18.8 Å². The number of hydrogen-bond acceptors (Lipinski definition) is 3. The Kier molecular flexibility index (Phi) is 2.25. The van der Waals surface area contributed by atoms with Crippen molar-refractivity contribution < 1.29 is 22.7 Å². The highest BCUT2D eigenvalue weighted by Gasteiger charge is 2.74. The van der Waals surface area contributed by atoms with Crippen molar-refractivity contribution in [2.75, 3.05) is 6.61 Å². The van der Waals surface area contributed by atoms with Gasteiger partial charge in [0.15, 0.2) is 0 Å². The molecule has 1 aliphatic rings. The molecular formula is C10H10F2O3. The highest BCUT2D eigenvalue weighted by Crippen LogP contribution is 2.62. The molecule has 2 atom stereocenters. The fraction of sp³-hybridized carbons (Fsp3) is 0.500. The van der Waals surface area contributed by atoms with Gasteiger partial charge in [-0.2, -0.15) is 0 Å². The van der Waals surface area contributed by atoms with Gasteiger partial charge in [-0.3, -0.25) is 4.79 Å². The van der Waals surface area contributed by atoms with Crippen molar-refractivity contribution >= 4 is 5.97 Å². The van der Waals surface area contributed by atoms with Crippen LogP contribution in [0.5, 0.6) is 0 Å². The SMILES string of the molecule is CCOC(=O)[C@@H]1[C@@H](c2ccco2)C1(F)F. The summed E-state index contributed by atoms with van der Waals surface area (Å²) < 4.78 is 35.9. The van der Waals surface area contributed by atoms with Crippen LogP contribution in [0.4, 0.5) is 8.78 Å². The number of rotatable bonds is 3. The van der Waals surface area contributed by atoms with Gasteiger partial charge in [0.05, 0.1) is 12.9 Å². The van der Waals surface area contributed by atoms with E-state index in [2.05, 4.69) is 4.74 Å². The lowest BCUT2D eigenvalue weighted by Crippen LogP contribution is -2.11. The Balaban J connectivity index is 2.13. The molecule has 0 amide bonds. The number of carbonyl (C=O) groups is 1. The highest BCUT2D eigenvalue weighted by molar-refractivity contribution is 5.79. The predicted octanol–water partition coefficient (Wildman–Crippen LogP) is 2.19. The van der Waals surface area contributed by atoms with Crippen LogP contribution in [-0.2, 0) is 9.53 Å². The molecular weight excluding hydrogens is 206 g/mol. The summed E-state index contributed by atoms with van der Waals surface area (Å²) in [5.41, 5.74) is 0. The second-order valence-corrected chi connectivity index (χ2v) is 3.40. The number of hydrogen-bond donors (Lipinski definition) is 0. The smallest absolute Gasteiger partial charge is 0.316 e. The van der Waals surface area contributed by atoms with E-state index in [1.807, 2.05) is 0 Å². The third-order valence-electron chi connectivity index (χ3n) is 2.44. The summed E-state index contributed by atoms with van der Waals surface area (Å²) >= 11 is 0. The number of halogens is 2. The lowest BCUT2D eigenvalue weighted by Gasteiger charge is -1.97. The largest absolute Gasteiger partial charge is 0.469 e. The van der Waals surface area contributed by atoms with Gasteiger partial charge in [0.25, 0.3) is 5.92 Å². The normalized spacial score (nSPS) is 27.4. The molecule has 82 valence electrons. The lowest BCUT2D eigenvalue weighted by molar-refractivity contribution is -0.147. The van der Waals surface area contributed by atoms with Gasteiger partial charge in [-0.25, -0.2) is 8.78 Å². The van der Waals surface area contributed by atoms with Crippen LogP contribution in [0.2, 0.25) is 0 Å². The van der Waals surface area contributed by atoms with E-state index in [9.17, 15) is 13.6 Å². The van der Waals surface area contributed by atoms with Crippen LogP contribution >= 0.6 is 0 Å². The second kappa shape index (κ2) is 3.32. The minimum atomic E-state index is -3.04. The summed E-state index contributed by atoms with van der Waals surface area (Å²) in [5, 5.41) is 0. The summed E-state index contributed by atoms with van der Waals surface area (Å²) in [7, 11) is 0. The van der Waals surface area contributed by atoms with E-state index in [4.69, 9.17) is 4.42 Å². The first-order valence-electron chi connectivity index (χ1n) is 4.67. The molecule has 0 radical (unpaired) electrons. The van der Waals surface area contributed by atoms with E-state index in [-0.39, 0.29) is 12.4 Å². The van der Waals surface area contributed by atoms with E-state index >= 15 is 0 Å². The maximum atomic E-state index is 13.2. The van der Waals surface area contributed by atoms with Crippen LogP contribution in [0.25, 0.3) is 0 Å². The van der Waals surface area contributed by atoms with Crippen molar-refractivity contribution in [1.29, 1.82) is 0 Å². The van der Waals surface area contributed by atoms with E-state index in [0.717, 1.165) is 0 Å². The molecule has 3 nitrogen and oxygen atoms in total. The number of furan rings is 1. The maximum Gasteiger partial charge on any atom is 0.316 e. The molecule has 15 heavy (non-hydrogen) atoms. The highest BCUT2D eigenvalue weighted by atomic mass is 19.3. The Morgan fingerprint density at radius 2 is 2.40 bits per heavy atom. The fourth-order valence-electron chi connectivity index (χ4n) is 1.67. The van der Waals surface area contributed by atoms with Gasteiger partial charge in [-0.15, -0.1) is 0 Å². The zero-order valence-electron chi connectivity index (χ0n) is 8.07. The molecule has 0 bridgehead atoms. The Hall–Kier alpha value is -1.39. The number of esters is 1. The van der Waals surface area contributed by atoms with Gasteiger partial charge in [0.1, 0.15) is 17.6 Å². The van der Waals surface area contributed by atoms with Crippen LogP contribution in [0, 0.1) is 5.92 Å². The molecule has 0 saturated heterocycles. The van der Waals surface area contributed by atoms with Gasteiger partial charge in [0, 0.05) is 0 Å². The first-order valence-corrected chi connectivity index (χ1v) is 4.67. The predicted molar refractivity (Wildman–Crippen MR) is 46.5 cm³/mol. The fourth-order valence-corrected chi connectivity index (χ4v) is 1.67. The average Bonchev–Trinajstić information content (AvgIpc) is 2.59. The number of ether oxygens (including phenoxy) is 1. The Morgan fingerprint density at radius 1 is 1.67 bits per heavy atom. The van der Waals surface area contributed by atoms with Crippen molar-refractivity contribution in [3.8, 4) is 0 Å². The molecule has 1 saturated carbocycles. The van der Waals surface area contributed by atoms with Gasteiger partial charge in [-0.1, -0.05) is 0 Å². The molecule has 1 aromatic heterocycles. The monoisotopic (exact) mass is 216 g/mol. The zero-order chi connectivity index (χ0) is 11.1. The molecule has 5 heteroatoms. The molecule has 1 aliphatic carbocycles. The summed E-state index contributed by atoms with van der Waals surface area (Å²) in [6, 6.07) is 2.96. The summed E-state index contributed by atoms with van der Waals surface area (Å²) in [5.74, 6) is -6.30. The van der Waals surface area contributed by atoms with Gasteiger partial charge < -0.3 is 9.15 Å². The molecule has 0 unspecified atom stereocenters. The van der Waals surface area contributed by atoms with Crippen molar-refractivity contribution in [3.63, 3.8) is 0 Å². The van der Waals surface area contributed by atoms with Crippen molar-refractivity contribution in [1.82, 2.24) is 0 Å². The first-order chi connectivity index (χ1) is 7.09. The maximum absolute atomic E-state index is 13.2. The van der Waals surface area contributed by atoms with Crippen LogP contribution in [-0.4, -0.2) is 18.5 Å². The minimum absolute atomic E-state index is 0.107. The Morgan fingerprint density at radius 3 is 2.93 bits per heavy atom. The van der Waals surface area contributed by atoms with Crippen molar-refractivity contribution in [3.05, 3.63) is 24.2 Å². The summed E-state index contributed by atoms with van der Waals surface area (Å²) in [6.45, 7) is 1.69. The Bertz CT molecular complexity index is 359. The summed E-state index contributed by atoms with van der Waals surface area (Å²) in [4.78, 5) is 11.2. The van der Waals surface area contributed by atoms with Gasteiger partial charge in [-0.05, 0) is 19.1 Å². The van der Waals surface area contributed by atoms with Crippen LogP contribution in [0.3, 0.4) is 0 Å². The molecule has 1 aromatic rings. The number of carbonyl (C=O) groups excluding carboxylic acids is 1. The van der Waals surface area contributed by atoms with E-state index in [0.29, 0.717) is 0 Å². The third kappa shape index (κ3) is 1.52. The topological polar surface area (TPSA) is 39.4 Å². The first kappa shape index (κ1) is 10.1. The molecule has 0 aliphatic heterocycles. The van der Waals surface area contributed by atoms with Crippen molar-refractivity contribution in [2.24, 2.45) is 5.92 Å². The van der Waals surface area contributed by atoms with E-state index in [1.165, 1.54) is 18.4 Å². The molecule has 0 spiro atoms. The lowest BCUT2D eigenvalue weighted by atomic mass is 10.2. The summed E-state index contributed by atoms with van der Waals surface area (Å²) in [6.07, 6.45) is 1.31. The molecule has 2 rings (SSSR count). The second-order valence-electron chi connectivity index (χ2n) is 3.40. The zero-order valence-corrected chi connectivity index (χ0v) is 8.07. The quantitative estimate of drug-likeness (QED) is 0.727. The molecule has 0 aromatic carbocycles. The van der Waals surface area contributed by atoms with Crippen LogP contribution < -0.4 is 0 Å². The molecule has 0 N–H and O–H groups in total. The molecule has 1 heterocycles.